The molecule has 0 spiro atoms. The Labute approximate surface area is 124 Å². The van der Waals surface area contributed by atoms with E-state index in [0.717, 1.165) is 30.0 Å². The highest BCUT2D eigenvalue weighted by atomic mass is 16.7. The van der Waals surface area contributed by atoms with Crippen LogP contribution < -0.4 is 14.8 Å². The summed E-state index contributed by atoms with van der Waals surface area (Å²) in [6, 6.07) is 13.6. The number of fused-ring (bicyclic) bond motifs is 1. The van der Waals surface area contributed by atoms with Crippen molar-refractivity contribution < 1.29 is 14.6 Å². The second-order valence-corrected chi connectivity index (χ2v) is 5.32. The number of aromatic hydroxyl groups is 1. The van der Waals surface area contributed by atoms with E-state index in [1.165, 1.54) is 5.56 Å². The van der Waals surface area contributed by atoms with Crippen molar-refractivity contribution in [1.82, 2.24) is 0 Å². The van der Waals surface area contributed by atoms with Crippen LogP contribution in [0.3, 0.4) is 0 Å². The first-order valence-electron chi connectivity index (χ1n) is 7.15. The van der Waals surface area contributed by atoms with Gasteiger partial charge in [0.25, 0.3) is 0 Å². The number of phenolic OH excluding ortho intramolecular Hbond substituents is 1. The van der Waals surface area contributed by atoms with Gasteiger partial charge < -0.3 is 19.9 Å². The molecule has 0 aliphatic carbocycles. The number of phenols is 1. The molecule has 2 aromatic rings. The number of aryl methyl sites for hydroxylation is 1. The van der Waals surface area contributed by atoms with Crippen LogP contribution in [0.1, 0.15) is 18.9 Å². The third-order valence-corrected chi connectivity index (χ3v) is 3.58. The van der Waals surface area contributed by atoms with Crippen molar-refractivity contribution in [3.05, 3.63) is 48.0 Å². The van der Waals surface area contributed by atoms with Gasteiger partial charge in [-0.15, -0.1) is 0 Å². The fraction of sp³-hybridized carbons (Fsp3) is 0.294. The number of hydrogen-bond donors (Lipinski definition) is 2. The topological polar surface area (TPSA) is 50.7 Å². The molecule has 0 aromatic heterocycles. The molecule has 4 heteroatoms. The van der Waals surface area contributed by atoms with Crippen LogP contribution in [0.4, 0.5) is 5.69 Å². The van der Waals surface area contributed by atoms with Crippen LogP contribution in [0.25, 0.3) is 0 Å². The van der Waals surface area contributed by atoms with Crippen molar-refractivity contribution in [2.45, 2.75) is 25.8 Å². The molecular weight excluding hydrogens is 266 g/mol. The van der Waals surface area contributed by atoms with E-state index >= 15 is 0 Å². The highest BCUT2D eigenvalue weighted by molar-refractivity contribution is 5.47. The molecule has 1 aliphatic heterocycles. The lowest BCUT2D eigenvalue weighted by Crippen LogP contribution is -2.15. The van der Waals surface area contributed by atoms with Gasteiger partial charge in [0.05, 0.1) is 0 Å². The Hall–Kier alpha value is -2.36. The third kappa shape index (κ3) is 3.40. The zero-order chi connectivity index (χ0) is 14.7. The average Bonchev–Trinajstić information content (AvgIpc) is 2.95. The molecule has 0 fully saturated rings. The second kappa shape index (κ2) is 5.95. The van der Waals surface area contributed by atoms with E-state index in [-0.39, 0.29) is 5.75 Å². The van der Waals surface area contributed by atoms with E-state index in [0.29, 0.717) is 12.8 Å². The Balaban J connectivity index is 1.53. The van der Waals surface area contributed by atoms with E-state index < -0.39 is 0 Å². The maximum atomic E-state index is 9.27. The Morgan fingerprint density at radius 1 is 1.10 bits per heavy atom. The number of ether oxygens (including phenoxy) is 2. The van der Waals surface area contributed by atoms with E-state index in [1.54, 1.807) is 12.1 Å². The number of benzene rings is 2. The van der Waals surface area contributed by atoms with Crippen LogP contribution >= 0.6 is 0 Å². The maximum absolute atomic E-state index is 9.27. The minimum absolute atomic E-state index is 0.286. The van der Waals surface area contributed by atoms with Crippen LogP contribution in [0, 0.1) is 0 Å². The van der Waals surface area contributed by atoms with Crippen molar-refractivity contribution in [3.8, 4) is 17.2 Å². The molecule has 21 heavy (non-hydrogen) atoms. The lowest BCUT2D eigenvalue weighted by atomic mass is 10.1. The molecule has 2 N–H and O–H groups in total. The minimum Gasteiger partial charge on any atom is -0.508 e. The van der Waals surface area contributed by atoms with Gasteiger partial charge in [0, 0.05) is 11.7 Å². The quantitative estimate of drug-likeness (QED) is 0.825. The van der Waals surface area contributed by atoms with E-state index in [1.807, 2.05) is 18.2 Å². The maximum Gasteiger partial charge on any atom is 0.231 e. The third-order valence-electron chi connectivity index (χ3n) is 3.58. The molecule has 1 unspecified atom stereocenters. The van der Waals surface area contributed by atoms with Gasteiger partial charge in [0.15, 0.2) is 11.5 Å². The standard InChI is InChI=1S/C17H19NO3/c1-12(18-14-5-7-15(19)8-6-14)2-3-13-4-9-16-17(10-13)21-11-20-16/h4-10,12,18-19H,2-3,11H2,1H3. The molecule has 1 atom stereocenters. The zero-order valence-corrected chi connectivity index (χ0v) is 12.0. The van der Waals surface area contributed by atoms with E-state index in [9.17, 15) is 5.11 Å². The van der Waals surface area contributed by atoms with Gasteiger partial charge in [-0.1, -0.05) is 6.07 Å². The van der Waals surface area contributed by atoms with Crippen molar-refractivity contribution in [2.24, 2.45) is 0 Å². The Morgan fingerprint density at radius 3 is 2.67 bits per heavy atom. The Kier molecular flexibility index (Phi) is 3.86. The van der Waals surface area contributed by atoms with Crippen LogP contribution in [0.5, 0.6) is 17.2 Å². The van der Waals surface area contributed by atoms with Crippen LogP contribution in [0.15, 0.2) is 42.5 Å². The van der Waals surface area contributed by atoms with Crippen LogP contribution in [-0.4, -0.2) is 17.9 Å². The molecule has 0 amide bonds. The minimum atomic E-state index is 0.286. The Morgan fingerprint density at radius 2 is 1.86 bits per heavy atom. The van der Waals surface area contributed by atoms with Gasteiger partial charge in [-0.05, 0) is 61.7 Å². The van der Waals surface area contributed by atoms with E-state index in [4.69, 9.17) is 9.47 Å². The SMILES string of the molecule is CC(CCc1ccc2c(c1)OCO2)Nc1ccc(O)cc1. The number of anilines is 1. The molecule has 0 radical (unpaired) electrons. The summed E-state index contributed by atoms with van der Waals surface area (Å²) in [6.45, 7) is 2.47. The fourth-order valence-electron chi connectivity index (χ4n) is 2.39. The van der Waals surface area contributed by atoms with Gasteiger partial charge in [0.1, 0.15) is 5.75 Å². The van der Waals surface area contributed by atoms with Gasteiger partial charge in [-0.25, -0.2) is 0 Å². The highest BCUT2D eigenvalue weighted by Crippen LogP contribution is 2.32. The molecule has 0 saturated heterocycles. The Bertz CT molecular complexity index is 610. The summed E-state index contributed by atoms with van der Waals surface area (Å²) >= 11 is 0. The van der Waals surface area contributed by atoms with Gasteiger partial charge in [-0.3, -0.25) is 0 Å². The summed E-state index contributed by atoms with van der Waals surface area (Å²) in [5, 5.41) is 12.7. The summed E-state index contributed by atoms with van der Waals surface area (Å²) < 4.78 is 10.7. The number of nitrogens with one attached hydrogen (secondary N) is 1. The first kappa shape index (κ1) is 13.6. The first-order valence-corrected chi connectivity index (χ1v) is 7.15. The summed E-state index contributed by atoms with van der Waals surface area (Å²) in [7, 11) is 0. The lowest BCUT2D eigenvalue weighted by molar-refractivity contribution is 0.174. The largest absolute Gasteiger partial charge is 0.508 e. The molecule has 0 bridgehead atoms. The molecule has 4 nitrogen and oxygen atoms in total. The average molecular weight is 285 g/mol. The second-order valence-electron chi connectivity index (χ2n) is 5.32. The summed E-state index contributed by atoms with van der Waals surface area (Å²) in [6.07, 6.45) is 1.99. The van der Waals surface area contributed by atoms with Gasteiger partial charge in [0.2, 0.25) is 6.79 Å². The fourth-order valence-corrected chi connectivity index (χ4v) is 2.39. The summed E-state index contributed by atoms with van der Waals surface area (Å²) in [5.74, 6) is 1.95. The van der Waals surface area contributed by atoms with Crippen molar-refractivity contribution in [1.29, 1.82) is 0 Å². The summed E-state index contributed by atoms with van der Waals surface area (Å²) in [5.41, 5.74) is 2.27. The monoisotopic (exact) mass is 285 g/mol. The molecule has 110 valence electrons. The van der Waals surface area contributed by atoms with Crippen molar-refractivity contribution in [2.75, 3.05) is 12.1 Å². The smallest absolute Gasteiger partial charge is 0.231 e. The van der Waals surface area contributed by atoms with Crippen LogP contribution in [0.2, 0.25) is 0 Å². The number of hydrogen-bond acceptors (Lipinski definition) is 4. The van der Waals surface area contributed by atoms with Gasteiger partial charge >= 0.3 is 0 Å². The molecule has 3 rings (SSSR count). The van der Waals surface area contributed by atoms with Crippen LogP contribution in [-0.2, 0) is 6.42 Å². The number of rotatable bonds is 5. The summed E-state index contributed by atoms with van der Waals surface area (Å²) in [4.78, 5) is 0. The molecule has 1 heterocycles. The zero-order valence-electron chi connectivity index (χ0n) is 12.0. The predicted molar refractivity (Wildman–Crippen MR) is 82.1 cm³/mol. The first-order chi connectivity index (χ1) is 10.2. The molecular formula is C17H19NO3. The lowest BCUT2D eigenvalue weighted by Gasteiger charge is -2.15. The van der Waals surface area contributed by atoms with Crippen molar-refractivity contribution in [3.63, 3.8) is 0 Å². The normalized spacial score (nSPS) is 14.0. The van der Waals surface area contributed by atoms with E-state index in [2.05, 4.69) is 24.4 Å². The molecule has 1 aliphatic rings. The predicted octanol–water partition coefficient (Wildman–Crippen LogP) is 3.55. The highest BCUT2D eigenvalue weighted by Gasteiger charge is 2.13. The molecule has 2 aromatic carbocycles. The molecule has 0 saturated carbocycles. The van der Waals surface area contributed by atoms with Crippen molar-refractivity contribution >= 4 is 5.69 Å². The van der Waals surface area contributed by atoms with Gasteiger partial charge in [-0.2, -0.15) is 0 Å².